The van der Waals surface area contributed by atoms with Crippen LogP contribution < -0.4 is 0 Å². The third-order valence-electron chi connectivity index (χ3n) is 2.47. The predicted octanol–water partition coefficient (Wildman–Crippen LogP) is 4.51. The van der Waals surface area contributed by atoms with Crippen molar-refractivity contribution < 1.29 is 31.1 Å². The molecule has 0 heterocycles. The summed E-state index contributed by atoms with van der Waals surface area (Å²) in [5.41, 5.74) is 0. The first-order valence-electron chi connectivity index (χ1n) is 5.55. The highest BCUT2D eigenvalue weighted by atomic mass is 19.4. The van der Waals surface area contributed by atoms with Crippen LogP contribution in [0.3, 0.4) is 0 Å². The Labute approximate surface area is 107 Å². The highest BCUT2D eigenvalue weighted by Crippen LogP contribution is 2.32. The maximum Gasteiger partial charge on any atom is 0.394 e. The van der Waals surface area contributed by atoms with Crippen LogP contribution in [0.1, 0.15) is 12.8 Å². The molecule has 19 heavy (non-hydrogen) atoms. The molecule has 112 valence electrons. The van der Waals surface area contributed by atoms with Crippen molar-refractivity contribution in [2.24, 2.45) is 11.8 Å². The highest BCUT2D eigenvalue weighted by molar-refractivity contribution is 4.80. The Bertz CT molecular complexity index is 253. The van der Waals surface area contributed by atoms with Crippen molar-refractivity contribution in [2.45, 2.75) is 25.2 Å². The number of ether oxygens (including phenoxy) is 1. The van der Waals surface area contributed by atoms with Gasteiger partial charge in [-0.05, 0) is 12.8 Å². The minimum Gasteiger partial charge on any atom is -0.380 e. The van der Waals surface area contributed by atoms with E-state index in [0.29, 0.717) is 0 Å². The molecule has 0 amide bonds. The van der Waals surface area contributed by atoms with E-state index < -0.39 is 37.4 Å². The van der Waals surface area contributed by atoms with E-state index >= 15 is 0 Å². The summed E-state index contributed by atoms with van der Waals surface area (Å²) in [6.45, 7) is 4.74. The fourth-order valence-corrected chi connectivity index (χ4v) is 1.35. The Morgan fingerprint density at radius 3 is 1.32 bits per heavy atom. The van der Waals surface area contributed by atoms with Crippen LogP contribution in [0.2, 0.25) is 0 Å². The lowest BCUT2D eigenvalue weighted by Gasteiger charge is -2.22. The van der Waals surface area contributed by atoms with Crippen LogP contribution >= 0.6 is 0 Å². The molecule has 0 spiro atoms. The number of rotatable bonds is 8. The van der Waals surface area contributed by atoms with Gasteiger partial charge in [-0.15, -0.1) is 13.2 Å². The number of hydrogen-bond donors (Lipinski definition) is 0. The van der Waals surface area contributed by atoms with E-state index in [2.05, 4.69) is 17.9 Å². The summed E-state index contributed by atoms with van der Waals surface area (Å²) in [6, 6.07) is 0. The Kier molecular flexibility index (Phi) is 7.18. The number of hydrogen-bond acceptors (Lipinski definition) is 1. The van der Waals surface area contributed by atoms with Gasteiger partial charge in [-0.2, -0.15) is 26.3 Å². The monoisotopic (exact) mass is 290 g/mol. The first kappa shape index (κ1) is 18.0. The van der Waals surface area contributed by atoms with Gasteiger partial charge in [0.15, 0.2) is 0 Å². The molecule has 0 saturated carbocycles. The molecule has 0 bridgehead atoms. The molecule has 2 unspecified atom stereocenters. The zero-order valence-electron chi connectivity index (χ0n) is 10.2. The van der Waals surface area contributed by atoms with Gasteiger partial charge in [0, 0.05) is 0 Å². The maximum atomic E-state index is 12.4. The van der Waals surface area contributed by atoms with Crippen LogP contribution in [0.25, 0.3) is 0 Å². The number of alkyl halides is 6. The molecule has 0 aromatic heterocycles. The Morgan fingerprint density at radius 2 is 1.11 bits per heavy atom. The molecule has 0 radical (unpaired) electrons. The van der Waals surface area contributed by atoms with Gasteiger partial charge in [-0.1, -0.05) is 12.2 Å². The van der Waals surface area contributed by atoms with Gasteiger partial charge in [0.05, 0.1) is 25.0 Å². The fraction of sp³-hybridized carbons (Fsp3) is 0.667. The SMILES string of the molecule is C=CCC(COCC(CC=C)C(F)(F)F)C(F)(F)F. The lowest BCUT2D eigenvalue weighted by Crippen LogP contribution is -2.31. The number of allylic oxidation sites excluding steroid dienone is 2. The van der Waals surface area contributed by atoms with E-state index in [4.69, 9.17) is 0 Å². The summed E-state index contributed by atoms with van der Waals surface area (Å²) in [4.78, 5) is 0. The highest BCUT2D eigenvalue weighted by Gasteiger charge is 2.41. The predicted molar refractivity (Wildman–Crippen MR) is 59.5 cm³/mol. The van der Waals surface area contributed by atoms with Gasteiger partial charge in [-0.25, -0.2) is 0 Å². The number of halogens is 6. The summed E-state index contributed by atoms with van der Waals surface area (Å²) in [5, 5.41) is 0. The second kappa shape index (κ2) is 7.57. The molecule has 0 aliphatic rings. The van der Waals surface area contributed by atoms with Crippen LogP contribution in [0.15, 0.2) is 25.3 Å². The first-order chi connectivity index (χ1) is 8.62. The molecule has 0 aliphatic heterocycles. The van der Waals surface area contributed by atoms with Gasteiger partial charge >= 0.3 is 12.4 Å². The molecule has 0 aromatic rings. The van der Waals surface area contributed by atoms with Crippen molar-refractivity contribution in [1.82, 2.24) is 0 Å². The summed E-state index contributed by atoms with van der Waals surface area (Å²) < 4.78 is 79.3. The molecule has 0 fully saturated rings. The lowest BCUT2D eigenvalue weighted by molar-refractivity contribution is -0.205. The summed E-state index contributed by atoms with van der Waals surface area (Å²) in [6.07, 6.45) is -7.68. The van der Waals surface area contributed by atoms with Crippen molar-refractivity contribution in [3.05, 3.63) is 25.3 Å². The van der Waals surface area contributed by atoms with Crippen LogP contribution in [-0.2, 0) is 4.74 Å². The molecular weight excluding hydrogens is 274 g/mol. The molecule has 0 saturated heterocycles. The van der Waals surface area contributed by atoms with Crippen molar-refractivity contribution in [2.75, 3.05) is 13.2 Å². The average molecular weight is 290 g/mol. The van der Waals surface area contributed by atoms with Crippen molar-refractivity contribution in [3.8, 4) is 0 Å². The quantitative estimate of drug-likeness (QED) is 0.472. The van der Waals surface area contributed by atoms with Crippen LogP contribution in [-0.4, -0.2) is 25.6 Å². The van der Waals surface area contributed by atoms with Gasteiger partial charge in [0.2, 0.25) is 0 Å². The summed E-state index contributed by atoms with van der Waals surface area (Å²) in [5.74, 6) is -3.66. The zero-order chi connectivity index (χ0) is 15.1. The first-order valence-corrected chi connectivity index (χ1v) is 5.55. The molecule has 0 aromatic carbocycles. The maximum absolute atomic E-state index is 12.4. The van der Waals surface area contributed by atoms with E-state index in [-0.39, 0.29) is 12.8 Å². The fourth-order valence-electron chi connectivity index (χ4n) is 1.35. The molecule has 7 heteroatoms. The van der Waals surface area contributed by atoms with E-state index in [1.807, 2.05) is 0 Å². The Hall–Kier alpha value is -0.980. The summed E-state index contributed by atoms with van der Waals surface area (Å²) in [7, 11) is 0. The van der Waals surface area contributed by atoms with Gasteiger partial charge in [0.25, 0.3) is 0 Å². The topological polar surface area (TPSA) is 9.23 Å². The van der Waals surface area contributed by atoms with E-state index in [9.17, 15) is 26.3 Å². The standard InChI is InChI=1S/C12H16F6O/c1-3-5-9(11(13,14)15)7-19-8-10(6-4-2)12(16,17)18/h3-4,9-10H,1-2,5-8H2. The third-order valence-corrected chi connectivity index (χ3v) is 2.47. The minimum atomic E-state index is -4.51. The summed E-state index contributed by atoms with van der Waals surface area (Å²) >= 11 is 0. The largest absolute Gasteiger partial charge is 0.394 e. The second-order valence-electron chi connectivity index (χ2n) is 4.06. The average Bonchev–Trinajstić information content (AvgIpc) is 2.23. The Balaban J connectivity index is 4.37. The molecule has 0 N–H and O–H groups in total. The third kappa shape index (κ3) is 7.25. The van der Waals surface area contributed by atoms with E-state index in [1.54, 1.807) is 0 Å². The van der Waals surface area contributed by atoms with Crippen LogP contribution in [0.5, 0.6) is 0 Å². The van der Waals surface area contributed by atoms with Gasteiger partial charge in [0.1, 0.15) is 0 Å². The minimum absolute atomic E-state index is 0.387. The molecular formula is C12H16F6O. The molecule has 2 atom stereocenters. The van der Waals surface area contributed by atoms with Gasteiger partial charge < -0.3 is 4.74 Å². The zero-order valence-corrected chi connectivity index (χ0v) is 10.2. The Morgan fingerprint density at radius 1 is 0.789 bits per heavy atom. The van der Waals surface area contributed by atoms with E-state index in [0.717, 1.165) is 12.2 Å². The normalized spacial score (nSPS) is 15.9. The smallest absolute Gasteiger partial charge is 0.380 e. The lowest BCUT2D eigenvalue weighted by atomic mass is 10.1. The van der Waals surface area contributed by atoms with Crippen molar-refractivity contribution in [1.29, 1.82) is 0 Å². The van der Waals surface area contributed by atoms with Crippen LogP contribution in [0.4, 0.5) is 26.3 Å². The molecule has 0 rings (SSSR count). The van der Waals surface area contributed by atoms with Crippen molar-refractivity contribution in [3.63, 3.8) is 0 Å². The second-order valence-corrected chi connectivity index (χ2v) is 4.06. The van der Waals surface area contributed by atoms with Crippen LogP contribution in [0, 0.1) is 11.8 Å². The molecule has 0 aliphatic carbocycles. The van der Waals surface area contributed by atoms with E-state index in [1.165, 1.54) is 0 Å². The van der Waals surface area contributed by atoms with Crippen molar-refractivity contribution >= 4 is 0 Å². The molecule has 1 nitrogen and oxygen atoms in total. The van der Waals surface area contributed by atoms with Gasteiger partial charge in [-0.3, -0.25) is 0 Å².